The fourth-order valence-corrected chi connectivity index (χ4v) is 8.74. The molecule has 21 heteroatoms. The van der Waals surface area contributed by atoms with Gasteiger partial charge in [0.15, 0.2) is 17.0 Å². The molecular weight excluding hydrogens is 650 g/mol. The van der Waals surface area contributed by atoms with Gasteiger partial charge >= 0.3 is 14.3 Å². The minimum absolute atomic E-state index is 0.0525. The van der Waals surface area contributed by atoms with E-state index in [4.69, 9.17) is 40.4 Å². The topological polar surface area (TPSA) is 221 Å². The van der Waals surface area contributed by atoms with Crippen molar-refractivity contribution in [3.05, 3.63) is 41.7 Å². The van der Waals surface area contributed by atoms with Gasteiger partial charge in [-0.3, -0.25) is 13.9 Å². The van der Waals surface area contributed by atoms with Gasteiger partial charge in [-0.05, 0) is 24.1 Å². The molecule has 0 amide bonds. The molecule has 0 radical (unpaired) electrons. The lowest BCUT2D eigenvalue weighted by atomic mass is 9.70. The Balaban J connectivity index is 1.04. The predicted molar refractivity (Wildman–Crippen MR) is 161 cm³/mol. The van der Waals surface area contributed by atoms with Crippen molar-refractivity contribution in [3.8, 4) is 0 Å². The van der Waals surface area contributed by atoms with E-state index in [2.05, 4.69) is 29.9 Å². The van der Waals surface area contributed by atoms with Crippen molar-refractivity contribution >= 4 is 60.0 Å². The second-order valence-electron chi connectivity index (χ2n) is 11.3. The van der Waals surface area contributed by atoms with E-state index in [0.717, 1.165) is 0 Å². The Morgan fingerprint density at radius 2 is 1.82 bits per heavy atom. The zero-order valence-electron chi connectivity index (χ0n) is 23.6. The van der Waals surface area contributed by atoms with Crippen LogP contribution in [0.2, 0.25) is 0 Å². The van der Waals surface area contributed by atoms with Gasteiger partial charge in [0.2, 0.25) is 5.78 Å². The number of aromatic nitrogens is 9. The van der Waals surface area contributed by atoms with Gasteiger partial charge in [-0.1, -0.05) is 0 Å². The van der Waals surface area contributed by atoms with Crippen LogP contribution in [0.25, 0.3) is 28.1 Å². The molecule has 0 bridgehead atoms. The molecular formula is C24H28N10O8P2S. The number of fused-ring (bicyclic) bond motifs is 5. The fourth-order valence-electron chi connectivity index (χ4n) is 6.28. The van der Waals surface area contributed by atoms with Crippen molar-refractivity contribution in [2.24, 2.45) is 11.8 Å². The summed E-state index contributed by atoms with van der Waals surface area (Å²) in [5, 5.41) is 0. The number of hydrogen-bond donors (Lipinski definition) is 3. The Hall–Kier alpha value is -3.12. The molecule has 18 nitrogen and oxygen atoms in total. The molecule has 3 fully saturated rings. The normalized spacial score (nSPS) is 34.5. The molecule has 2 saturated heterocycles. The lowest BCUT2D eigenvalue weighted by molar-refractivity contribution is -0.0382. The van der Waals surface area contributed by atoms with Crippen LogP contribution in [0.3, 0.4) is 0 Å². The molecule has 45 heavy (non-hydrogen) atoms. The Morgan fingerprint density at radius 3 is 2.69 bits per heavy atom. The Morgan fingerprint density at radius 1 is 1.02 bits per heavy atom. The second-order valence-corrected chi connectivity index (χ2v) is 16.2. The van der Waals surface area contributed by atoms with Gasteiger partial charge < -0.3 is 43.0 Å². The average molecular weight is 679 g/mol. The van der Waals surface area contributed by atoms with Crippen LogP contribution in [0, 0.1) is 11.8 Å². The van der Waals surface area contributed by atoms with Gasteiger partial charge in [0, 0.05) is 37.4 Å². The minimum Gasteiger partial charge on any atom is -0.382 e. The minimum atomic E-state index is -3.75. The number of nitrogens with zero attached hydrogens (tertiary/aromatic N) is 8. The number of anilines is 1. The first-order valence-corrected chi connectivity index (χ1v) is 18.7. The number of aromatic amines is 1. The second kappa shape index (κ2) is 10.7. The first-order chi connectivity index (χ1) is 21.6. The van der Waals surface area contributed by atoms with Gasteiger partial charge in [0.05, 0.1) is 38.6 Å². The Bertz CT molecular complexity index is 2100. The Labute approximate surface area is 258 Å². The van der Waals surface area contributed by atoms with E-state index in [0.29, 0.717) is 29.0 Å². The van der Waals surface area contributed by atoms with E-state index < -0.39 is 32.8 Å². The molecule has 238 valence electrons. The van der Waals surface area contributed by atoms with Crippen LogP contribution in [-0.2, 0) is 39.2 Å². The van der Waals surface area contributed by atoms with E-state index in [1.165, 1.54) is 29.9 Å². The lowest BCUT2D eigenvalue weighted by Gasteiger charge is -2.45. The SMILES string of the molecule is C[P@@]1(=O)OC[C@@H]2[C@@H](COP(O)(=S)O[C@H]3C[C@H](n4cnc5c(N)ncnc54)O[C@@H]3CO1)C[C@H]2n1cnc2c(=O)n3ccnc3[nH]c21. The summed E-state index contributed by atoms with van der Waals surface area (Å²) in [4.78, 5) is 48.3. The van der Waals surface area contributed by atoms with E-state index in [9.17, 15) is 14.3 Å². The summed E-state index contributed by atoms with van der Waals surface area (Å²) in [7, 11) is -3.58. The fraction of sp³-hybridized carbons (Fsp3) is 0.500. The van der Waals surface area contributed by atoms with E-state index in [1.54, 1.807) is 17.1 Å². The summed E-state index contributed by atoms with van der Waals surface area (Å²) in [6.07, 6.45) is 6.20. The zero-order chi connectivity index (χ0) is 31.1. The van der Waals surface area contributed by atoms with Crippen molar-refractivity contribution < 1.29 is 32.3 Å². The number of nitrogen functional groups attached to an aromatic ring is 1. The highest BCUT2D eigenvalue weighted by Crippen LogP contribution is 2.55. The van der Waals surface area contributed by atoms with E-state index in [1.807, 2.05) is 4.57 Å². The van der Waals surface area contributed by atoms with Gasteiger partial charge in [0.1, 0.15) is 29.8 Å². The lowest BCUT2D eigenvalue weighted by Crippen LogP contribution is -2.43. The number of imidazole rings is 3. The summed E-state index contributed by atoms with van der Waals surface area (Å²) in [6.45, 7) is -2.40. The monoisotopic (exact) mass is 678 g/mol. The summed E-state index contributed by atoms with van der Waals surface area (Å²) in [6, 6.07) is -0.189. The van der Waals surface area contributed by atoms with Crippen LogP contribution in [-0.4, -0.2) is 87.0 Å². The smallest absolute Gasteiger partial charge is 0.327 e. The first kappa shape index (κ1) is 29.3. The molecule has 2 aliphatic heterocycles. The van der Waals surface area contributed by atoms with Gasteiger partial charge in [-0.15, -0.1) is 0 Å². The number of rotatable bonds is 2. The molecule has 8 atom stereocenters. The highest BCUT2D eigenvalue weighted by atomic mass is 32.5. The molecule has 4 N–H and O–H groups in total. The molecule has 0 aromatic carbocycles. The molecule has 1 unspecified atom stereocenters. The van der Waals surface area contributed by atoms with Crippen LogP contribution in [0.4, 0.5) is 5.82 Å². The maximum absolute atomic E-state index is 13.5. The summed E-state index contributed by atoms with van der Waals surface area (Å²) in [5.41, 5.74) is 7.30. The van der Waals surface area contributed by atoms with Crippen molar-refractivity contribution in [3.63, 3.8) is 0 Å². The third kappa shape index (κ3) is 5.12. The van der Waals surface area contributed by atoms with E-state index >= 15 is 0 Å². The van der Waals surface area contributed by atoms with Crippen molar-refractivity contribution in [2.75, 3.05) is 32.2 Å². The van der Waals surface area contributed by atoms with Crippen LogP contribution in [0.1, 0.15) is 25.1 Å². The predicted octanol–water partition coefficient (Wildman–Crippen LogP) is 1.75. The molecule has 8 rings (SSSR count). The van der Waals surface area contributed by atoms with Crippen molar-refractivity contribution in [1.82, 2.24) is 43.4 Å². The van der Waals surface area contributed by atoms with Gasteiger partial charge in [-0.25, -0.2) is 29.3 Å². The largest absolute Gasteiger partial charge is 0.382 e. The molecule has 7 heterocycles. The zero-order valence-corrected chi connectivity index (χ0v) is 26.3. The third-order valence-corrected chi connectivity index (χ3v) is 11.5. The summed E-state index contributed by atoms with van der Waals surface area (Å²) < 4.78 is 48.2. The number of nitrogens with one attached hydrogen (secondary N) is 1. The number of H-pyrrole nitrogens is 1. The van der Waals surface area contributed by atoms with Crippen molar-refractivity contribution in [1.29, 1.82) is 0 Å². The van der Waals surface area contributed by atoms with Gasteiger partial charge in [0.25, 0.3) is 5.56 Å². The highest BCUT2D eigenvalue weighted by Gasteiger charge is 2.47. The van der Waals surface area contributed by atoms with Crippen molar-refractivity contribution in [2.45, 2.75) is 37.3 Å². The number of hydrogen-bond acceptors (Lipinski definition) is 14. The number of nitrogens with two attached hydrogens (primary N) is 1. The number of ether oxygens (including phenoxy) is 1. The Kier molecular flexibility index (Phi) is 6.98. The quantitative estimate of drug-likeness (QED) is 0.226. The molecule has 1 saturated carbocycles. The summed E-state index contributed by atoms with van der Waals surface area (Å²) in [5.74, 6) is 0.235. The molecule has 0 spiro atoms. The van der Waals surface area contributed by atoms with Gasteiger partial charge in [-0.2, -0.15) is 0 Å². The summed E-state index contributed by atoms with van der Waals surface area (Å²) >= 11 is 5.42. The van der Waals surface area contributed by atoms with Crippen LogP contribution in [0.5, 0.6) is 0 Å². The molecule has 5 aromatic heterocycles. The molecule has 3 aliphatic rings. The average Bonchev–Trinajstić information content (AvgIpc) is 3.77. The first-order valence-electron chi connectivity index (χ1n) is 14.1. The van der Waals surface area contributed by atoms with Crippen LogP contribution < -0.4 is 11.3 Å². The van der Waals surface area contributed by atoms with Crippen LogP contribution >= 0.6 is 14.3 Å². The molecule has 1 aliphatic carbocycles. The standard InChI is InChI=1S/C24H28N10O8P2S/c1-43(36)38-7-13-12(4-14(13)33-10-30-19-22(33)31-24-26-2-3-32(24)23(19)35)6-40-44(37,45)42-15-5-17(41-16(15)8-39-43)34-11-29-18-20(25)27-9-28-21(18)34/h2-3,9-17H,4-8H2,1H3,(H,26,31)(H,37,45)(H2,25,27,28)/t12-,13-,14-,15+,16-,17-,43-,44?/m1/s1. The maximum atomic E-state index is 13.5. The highest BCUT2D eigenvalue weighted by molar-refractivity contribution is 8.07. The maximum Gasteiger partial charge on any atom is 0.327 e. The third-order valence-electron chi connectivity index (χ3n) is 8.66. The van der Waals surface area contributed by atoms with E-state index in [-0.39, 0.29) is 61.0 Å². The van der Waals surface area contributed by atoms with Crippen LogP contribution in [0.15, 0.2) is 36.2 Å². The molecule has 5 aromatic rings.